The number of nitrogens with one attached hydrogen (secondary N) is 1. The monoisotopic (exact) mass is 323 g/mol. The first kappa shape index (κ1) is 16.8. The van der Waals surface area contributed by atoms with E-state index in [9.17, 15) is 9.59 Å². The Morgan fingerprint density at radius 1 is 1.41 bits per heavy atom. The van der Waals surface area contributed by atoms with Gasteiger partial charge in [0, 0.05) is 17.4 Å². The van der Waals surface area contributed by atoms with Gasteiger partial charge in [-0.2, -0.15) is 0 Å². The minimum absolute atomic E-state index is 0.208. The van der Waals surface area contributed by atoms with E-state index in [0.29, 0.717) is 18.1 Å². The zero-order valence-electron chi connectivity index (χ0n) is 12.8. The van der Waals surface area contributed by atoms with E-state index in [0.717, 1.165) is 31.2 Å². The zero-order valence-corrected chi connectivity index (χ0v) is 13.6. The third kappa shape index (κ3) is 4.47. The van der Waals surface area contributed by atoms with Gasteiger partial charge in [-0.1, -0.05) is 36.6 Å². The highest BCUT2D eigenvalue weighted by molar-refractivity contribution is 6.30. The quantitative estimate of drug-likeness (QED) is 0.841. The minimum Gasteiger partial charge on any atom is -0.450 e. The van der Waals surface area contributed by atoms with Gasteiger partial charge in [0.15, 0.2) is 0 Å². The van der Waals surface area contributed by atoms with Crippen molar-refractivity contribution in [3.8, 4) is 0 Å². The molecule has 2 atom stereocenters. The Hall–Kier alpha value is -1.55. The summed E-state index contributed by atoms with van der Waals surface area (Å²) >= 11 is 6.07. The van der Waals surface area contributed by atoms with Crippen LogP contribution in [-0.4, -0.2) is 18.5 Å². The maximum atomic E-state index is 12.4. The second-order valence-electron chi connectivity index (χ2n) is 5.57. The third-order valence-electron chi connectivity index (χ3n) is 4.01. The number of Topliss-reactive ketones (excluding diaryl/α,β-unsaturated/α-hetero) is 1. The Morgan fingerprint density at radius 3 is 2.95 bits per heavy atom. The zero-order chi connectivity index (χ0) is 15.9. The molecular weight excluding hydrogens is 302 g/mol. The smallest absolute Gasteiger partial charge is 0.407 e. The van der Waals surface area contributed by atoms with Crippen LogP contribution in [0.5, 0.6) is 0 Å². The van der Waals surface area contributed by atoms with Gasteiger partial charge in [-0.15, -0.1) is 0 Å². The van der Waals surface area contributed by atoms with Crippen molar-refractivity contribution < 1.29 is 14.3 Å². The SMILES string of the molecule is CCOC(=O)N[C@@H](c1cccc(Cl)c1)[C@H]1CCCCCC1=O. The maximum absolute atomic E-state index is 12.4. The fraction of sp³-hybridized carbons (Fsp3) is 0.529. The number of hydrogen-bond donors (Lipinski definition) is 1. The van der Waals surface area contributed by atoms with Gasteiger partial charge in [0.25, 0.3) is 0 Å². The first-order chi connectivity index (χ1) is 10.6. The second-order valence-corrected chi connectivity index (χ2v) is 6.01. The number of carbonyl (C=O) groups excluding carboxylic acids is 2. The van der Waals surface area contributed by atoms with Gasteiger partial charge in [0.05, 0.1) is 12.6 Å². The highest BCUT2D eigenvalue weighted by atomic mass is 35.5. The summed E-state index contributed by atoms with van der Waals surface area (Å²) < 4.78 is 4.99. The van der Waals surface area contributed by atoms with Crippen molar-refractivity contribution in [2.24, 2.45) is 5.92 Å². The number of amides is 1. The Balaban J connectivity index is 2.27. The van der Waals surface area contributed by atoms with E-state index in [-0.39, 0.29) is 17.7 Å². The summed E-state index contributed by atoms with van der Waals surface area (Å²) in [5.41, 5.74) is 0.848. The van der Waals surface area contributed by atoms with Crippen molar-refractivity contribution in [1.82, 2.24) is 5.32 Å². The lowest BCUT2D eigenvalue weighted by Gasteiger charge is -2.26. The topological polar surface area (TPSA) is 55.4 Å². The normalized spacial score (nSPS) is 20.1. The molecule has 1 aliphatic carbocycles. The van der Waals surface area contributed by atoms with Crippen LogP contribution < -0.4 is 5.32 Å². The average molecular weight is 324 g/mol. The van der Waals surface area contributed by atoms with Gasteiger partial charge in [-0.05, 0) is 37.5 Å². The number of carbonyl (C=O) groups is 2. The molecule has 2 rings (SSSR count). The number of hydrogen-bond acceptors (Lipinski definition) is 3. The Bertz CT molecular complexity index is 532. The molecule has 1 fully saturated rings. The van der Waals surface area contributed by atoms with E-state index >= 15 is 0 Å². The lowest BCUT2D eigenvalue weighted by Crippen LogP contribution is -2.37. The Morgan fingerprint density at radius 2 is 2.23 bits per heavy atom. The summed E-state index contributed by atoms with van der Waals surface area (Å²) in [5, 5.41) is 3.44. The van der Waals surface area contributed by atoms with E-state index in [1.807, 2.05) is 12.1 Å². The molecule has 1 amide bonds. The van der Waals surface area contributed by atoms with E-state index < -0.39 is 6.09 Å². The van der Waals surface area contributed by atoms with Crippen LogP contribution in [-0.2, 0) is 9.53 Å². The highest BCUT2D eigenvalue weighted by Crippen LogP contribution is 2.32. The fourth-order valence-electron chi connectivity index (χ4n) is 2.96. The standard InChI is InChI=1S/C17H22ClNO3/c1-2-22-17(21)19-16(12-7-6-8-13(18)11-12)14-9-4-3-5-10-15(14)20/h6-8,11,14,16H,2-5,9-10H2,1H3,(H,19,21)/t14-,16-/m0/s1. The van der Waals surface area contributed by atoms with E-state index in [1.54, 1.807) is 19.1 Å². The molecule has 0 saturated heterocycles. The van der Waals surface area contributed by atoms with E-state index in [1.165, 1.54) is 0 Å². The molecular formula is C17H22ClNO3. The van der Waals surface area contributed by atoms with Gasteiger partial charge in [-0.25, -0.2) is 4.79 Å². The van der Waals surface area contributed by atoms with Crippen LogP contribution in [0.15, 0.2) is 24.3 Å². The summed E-state index contributed by atoms with van der Waals surface area (Å²) in [6.45, 7) is 2.05. The van der Waals surface area contributed by atoms with Crippen LogP contribution in [0, 0.1) is 5.92 Å². The lowest BCUT2D eigenvalue weighted by molar-refractivity contribution is -0.123. The molecule has 22 heavy (non-hydrogen) atoms. The predicted molar refractivity (Wildman–Crippen MR) is 85.9 cm³/mol. The van der Waals surface area contributed by atoms with Crippen molar-refractivity contribution in [3.63, 3.8) is 0 Å². The van der Waals surface area contributed by atoms with Crippen molar-refractivity contribution in [2.75, 3.05) is 6.61 Å². The number of halogens is 1. The molecule has 0 unspecified atom stereocenters. The van der Waals surface area contributed by atoms with Crippen LogP contribution in [0.25, 0.3) is 0 Å². The molecule has 1 aromatic carbocycles. The number of ketones is 1. The fourth-order valence-corrected chi connectivity index (χ4v) is 3.15. The van der Waals surface area contributed by atoms with E-state index in [2.05, 4.69) is 5.32 Å². The molecule has 0 spiro atoms. The molecule has 1 aliphatic rings. The van der Waals surface area contributed by atoms with Crippen molar-refractivity contribution in [2.45, 2.75) is 45.1 Å². The molecule has 1 N–H and O–H groups in total. The van der Waals surface area contributed by atoms with Crippen molar-refractivity contribution >= 4 is 23.5 Å². The molecule has 0 bridgehead atoms. The summed E-state index contributed by atoms with van der Waals surface area (Å²) in [6.07, 6.45) is 3.85. The molecule has 4 nitrogen and oxygen atoms in total. The maximum Gasteiger partial charge on any atom is 0.407 e. The lowest BCUT2D eigenvalue weighted by atomic mass is 9.86. The number of benzene rings is 1. The molecule has 0 heterocycles. The van der Waals surface area contributed by atoms with Gasteiger partial charge in [0.1, 0.15) is 5.78 Å². The first-order valence-corrected chi connectivity index (χ1v) is 8.21. The van der Waals surface area contributed by atoms with Gasteiger partial charge in [0.2, 0.25) is 0 Å². The molecule has 5 heteroatoms. The largest absolute Gasteiger partial charge is 0.450 e. The van der Waals surface area contributed by atoms with Crippen LogP contribution in [0.4, 0.5) is 4.79 Å². The Kier molecular flexibility index (Phi) is 6.25. The van der Waals surface area contributed by atoms with Crippen molar-refractivity contribution in [3.05, 3.63) is 34.9 Å². The van der Waals surface area contributed by atoms with Crippen LogP contribution in [0.1, 0.15) is 50.6 Å². The molecule has 1 aromatic rings. The summed E-state index contributed by atoms with van der Waals surface area (Å²) in [6, 6.07) is 6.92. The molecule has 120 valence electrons. The summed E-state index contributed by atoms with van der Waals surface area (Å²) in [4.78, 5) is 24.3. The summed E-state index contributed by atoms with van der Waals surface area (Å²) in [7, 11) is 0. The second kappa shape index (κ2) is 8.18. The molecule has 0 aromatic heterocycles. The van der Waals surface area contributed by atoms with Crippen LogP contribution in [0.3, 0.4) is 0 Å². The van der Waals surface area contributed by atoms with Gasteiger partial charge < -0.3 is 10.1 Å². The molecule has 0 aliphatic heterocycles. The highest BCUT2D eigenvalue weighted by Gasteiger charge is 2.31. The first-order valence-electron chi connectivity index (χ1n) is 7.83. The third-order valence-corrected chi connectivity index (χ3v) is 4.25. The van der Waals surface area contributed by atoms with Crippen LogP contribution in [0.2, 0.25) is 5.02 Å². The average Bonchev–Trinajstić information content (AvgIpc) is 2.70. The molecule has 0 radical (unpaired) electrons. The number of alkyl carbamates (subject to hydrolysis) is 1. The van der Waals surface area contributed by atoms with E-state index in [4.69, 9.17) is 16.3 Å². The van der Waals surface area contributed by atoms with Gasteiger partial charge >= 0.3 is 6.09 Å². The molecule has 1 saturated carbocycles. The van der Waals surface area contributed by atoms with Gasteiger partial charge in [-0.3, -0.25) is 4.79 Å². The predicted octanol–water partition coefficient (Wildman–Crippen LogP) is 4.28. The Labute approximate surface area is 136 Å². The van der Waals surface area contributed by atoms with Crippen molar-refractivity contribution in [1.29, 1.82) is 0 Å². The van der Waals surface area contributed by atoms with Crippen LogP contribution >= 0.6 is 11.6 Å². The minimum atomic E-state index is -0.496. The summed E-state index contributed by atoms with van der Waals surface area (Å²) in [5.74, 6) is -0.00959. The number of rotatable bonds is 4. The number of ether oxygens (including phenoxy) is 1.